The summed E-state index contributed by atoms with van der Waals surface area (Å²) in [5, 5.41) is 3.48. The number of hydrogen-bond acceptors (Lipinski definition) is 3. The Balaban J connectivity index is 2.03. The summed E-state index contributed by atoms with van der Waals surface area (Å²) >= 11 is 0. The van der Waals surface area contributed by atoms with E-state index in [1.807, 2.05) is 0 Å². The summed E-state index contributed by atoms with van der Waals surface area (Å²) in [6.07, 6.45) is 6.17. The van der Waals surface area contributed by atoms with Gasteiger partial charge in [0.05, 0.1) is 6.20 Å². The van der Waals surface area contributed by atoms with Crippen molar-refractivity contribution in [3.05, 3.63) is 29.8 Å². The Hall–Kier alpha value is -1.00. The van der Waals surface area contributed by atoms with Crippen LogP contribution in [0.15, 0.2) is 18.5 Å². The van der Waals surface area contributed by atoms with Crippen LogP contribution in [0.25, 0.3) is 0 Å². The van der Waals surface area contributed by atoms with Gasteiger partial charge in [0.1, 0.15) is 5.82 Å². The summed E-state index contributed by atoms with van der Waals surface area (Å²) in [6, 6.07) is 1.76. The molecule has 1 aromatic rings. The van der Waals surface area contributed by atoms with Crippen molar-refractivity contribution in [2.45, 2.75) is 32.2 Å². The van der Waals surface area contributed by atoms with Crippen LogP contribution in [-0.2, 0) is 4.74 Å². The first-order chi connectivity index (χ1) is 8.79. The first-order valence-electron chi connectivity index (χ1n) is 6.71. The van der Waals surface area contributed by atoms with Gasteiger partial charge in [-0.25, -0.2) is 4.39 Å². The van der Waals surface area contributed by atoms with E-state index < -0.39 is 0 Å². The summed E-state index contributed by atoms with van der Waals surface area (Å²) < 4.78 is 18.7. The third-order valence-corrected chi connectivity index (χ3v) is 3.36. The Morgan fingerprint density at radius 1 is 1.56 bits per heavy atom. The number of hydrogen-bond donors (Lipinski definition) is 1. The Kier molecular flexibility index (Phi) is 5.08. The molecule has 0 radical (unpaired) electrons. The lowest BCUT2D eigenvalue weighted by atomic mass is 9.95. The van der Waals surface area contributed by atoms with Gasteiger partial charge in [0, 0.05) is 25.5 Å². The Morgan fingerprint density at radius 3 is 3.11 bits per heavy atom. The third kappa shape index (κ3) is 3.75. The summed E-state index contributed by atoms with van der Waals surface area (Å²) in [7, 11) is 0. The molecule has 0 amide bonds. The van der Waals surface area contributed by atoms with Crippen LogP contribution in [0.2, 0.25) is 0 Å². The molecule has 3 nitrogen and oxygen atoms in total. The molecular weight excluding hydrogens is 231 g/mol. The average molecular weight is 252 g/mol. The van der Waals surface area contributed by atoms with Crippen molar-refractivity contribution in [1.82, 2.24) is 10.3 Å². The Labute approximate surface area is 108 Å². The fourth-order valence-corrected chi connectivity index (χ4v) is 2.38. The molecule has 0 saturated carbocycles. The smallest absolute Gasteiger partial charge is 0.141 e. The quantitative estimate of drug-likeness (QED) is 0.845. The predicted molar refractivity (Wildman–Crippen MR) is 68.8 cm³/mol. The maximum absolute atomic E-state index is 13.2. The van der Waals surface area contributed by atoms with E-state index in [2.05, 4.69) is 17.2 Å². The van der Waals surface area contributed by atoms with Crippen LogP contribution in [0.1, 0.15) is 37.8 Å². The number of halogens is 1. The lowest BCUT2D eigenvalue weighted by Gasteiger charge is -2.21. The predicted octanol–water partition coefficient (Wildman–Crippen LogP) is 2.69. The molecule has 1 aliphatic rings. The molecule has 1 saturated heterocycles. The van der Waals surface area contributed by atoms with Crippen LogP contribution in [0.5, 0.6) is 0 Å². The summed E-state index contributed by atoms with van der Waals surface area (Å²) in [6.45, 7) is 4.75. The first-order valence-corrected chi connectivity index (χ1v) is 6.71. The maximum atomic E-state index is 13.2. The Bertz CT molecular complexity index is 367. The number of pyridine rings is 1. The van der Waals surface area contributed by atoms with Gasteiger partial charge in [-0.05, 0) is 43.4 Å². The highest BCUT2D eigenvalue weighted by atomic mass is 19.1. The molecule has 0 bridgehead atoms. The van der Waals surface area contributed by atoms with Crippen LogP contribution in [-0.4, -0.2) is 24.7 Å². The summed E-state index contributed by atoms with van der Waals surface area (Å²) in [5.41, 5.74) is 0.940. The van der Waals surface area contributed by atoms with E-state index in [1.165, 1.54) is 6.20 Å². The van der Waals surface area contributed by atoms with Gasteiger partial charge >= 0.3 is 0 Å². The number of nitrogens with one attached hydrogen (secondary N) is 1. The van der Waals surface area contributed by atoms with Crippen molar-refractivity contribution in [3.63, 3.8) is 0 Å². The van der Waals surface area contributed by atoms with Crippen molar-refractivity contribution in [1.29, 1.82) is 0 Å². The van der Waals surface area contributed by atoms with Crippen molar-refractivity contribution < 1.29 is 9.13 Å². The molecule has 2 heterocycles. The number of rotatable bonds is 6. The molecule has 1 aliphatic heterocycles. The lowest BCUT2D eigenvalue weighted by molar-refractivity contribution is 0.181. The highest BCUT2D eigenvalue weighted by molar-refractivity contribution is 5.15. The second-order valence-corrected chi connectivity index (χ2v) is 4.91. The van der Waals surface area contributed by atoms with Crippen LogP contribution >= 0.6 is 0 Å². The minimum absolute atomic E-state index is 0.180. The average Bonchev–Trinajstić information content (AvgIpc) is 2.87. The number of aromatic nitrogens is 1. The lowest BCUT2D eigenvalue weighted by Crippen LogP contribution is -2.25. The van der Waals surface area contributed by atoms with Crippen molar-refractivity contribution in [2.24, 2.45) is 5.92 Å². The molecular formula is C14H21FN2O. The minimum Gasteiger partial charge on any atom is -0.381 e. The van der Waals surface area contributed by atoms with E-state index in [0.29, 0.717) is 5.92 Å². The molecule has 0 spiro atoms. The van der Waals surface area contributed by atoms with Gasteiger partial charge in [-0.1, -0.05) is 6.92 Å². The van der Waals surface area contributed by atoms with E-state index in [4.69, 9.17) is 4.74 Å². The molecule has 2 unspecified atom stereocenters. The SMILES string of the molecule is CCCNC(CC1CCOC1)c1cncc(F)c1. The van der Waals surface area contributed by atoms with Gasteiger partial charge in [-0.3, -0.25) is 4.98 Å². The fourth-order valence-electron chi connectivity index (χ4n) is 2.38. The molecule has 1 N–H and O–H groups in total. The van der Waals surface area contributed by atoms with Crippen LogP contribution < -0.4 is 5.32 Å². The second kappa shape index (κ2) is 6.81. The fraction of sp³-hybridized carbons (Fsp3) is 0.643. The Morgan fingerprint density at radius 2 is 2.44 bits per heavy atom. The zero-order valence-corrected chi connectivity index (χ0v) is 10.9. The minimum atomic E-state index is -0.265. The largest absolute Gasteiger partial charge is 0.381 e. The molecule has 18 heavy (non-hydrogen) atoms. The molecule has 1 fully saturated rings. The van der Waals surface area contributed by atoms with E-state index in [9.17, 15) is 4.39 Å². The third-order valence-electron chi connectivity index (χ3n) is 3.36. The van der Waals surface area contributed by atoms with Gasteiger partial charge < -0.3 is 10.1 Å². The molecule has 100 valence electrons. The normalized spacial score (nSPS) is 21.1. The molecule has 1 aromatic heterocycles. The van der Waals surface area contributed by atoms with Crippen molar-refractivity contribution >= 4 is 0 Å². The van der Waals surface area contributed by atoms with Crippen LogP contribution in [0.3, 0.4) is 0 Å². The molecule has 4 heteroatoms. The molecule has 0 aromatic carbocycles. The second-order valence-electron chi connectivity index (χ2n) is 4.91. The van der Waals surface area contributed by atoms with Gasteiger partial charge in [0.25, 0.3) is 0 Å². The molecule has 2 atom stereocenters. The highest BCUT2D eigenvalue weighted by Gasteiger charge is 2.21. The van der Waals surface area contributed by atoms with E-state index in [1.54, 1.807) is 12.3 Å². The van der Waals surface area contributed by atoms with Crippen molar-refractivity contribution in [2.75, 3.05) is 19.8 Å². The standard InChI is InChI=1S/C14H21FN2O/c1-2-4-17-14(6-11-3-5-18-10-11)12-7-13(15)9-16-8-12/h7-9,11,14,17H,2-6,10H2,1H3. The van der Waals surface area contributed by atoms with Gasteiger partial charge in [-0.15, -0.1) is 0 Å². The highest BCUT2D eigenvalue weighted by Crippen LogP contribution is 2.26. The topological polar surface area (TPSA) is 34.1 Å². The number of nitrogens with zero attached hydrogens (tertiary/aromatic N) is 1. The zero-order chi connectivity index (χ0) is 12.8. The van der Waals surface area contributed by atoms with Crippen molar-refractivity contribution in [3.8, 4) is 0 Å². The maximum Gasteiger partial charge on any atom is 0.141 e. The number of ether oxygens (including phenoxy) is 1. The van der Waals surface area contributed by atoms with Crippen LogP contribution in [0, 0.1) is 11.7 Å². The zero-order valence-electron chi connectivity index (χ0n) is 10.9. The van der Waals surface area contributed by atoms with E-state index in [0.717, 1.165) is 44.6 Å². The molecule has 2 rings (SSSR count). The monoisotopic (exact) mass is 252 g/mol. The first kappa shape index (κ1) is 13.4. The summed E-state index contributed by atoms with van der Waals surface area (Å²) in [5.74, 6) is 0.307. The van der Waals surface area contributed by atoms with Crippen LogP contribution in [0.4, 0.5) is 4.39 Å². The van der Waals surface area contributed by atoms with Gasteiger partial charge in [-0.2, -0.15) is 0 Å². The molecule has 0 aliphatic carbocycles. The van der Waals surface area contributed by atoms with Gasteiger partial charge in [0.2, 0.25) is 0 Å². The van der Waals surface area contributed by atoms with E-state index in [-0.39, 0.29) is 11.9 Å². The van der Waals surface area contributed by atoms with E-state index >= 15 is 0 Å². The van der Waals surface area contributed by atoms with Gasteiger partial charge in [0.15, 0.2) is 0 Å². The summed E-state index contributed by atoms with van der Waals surface area (Å²) in [4.78, 5) is 3.94.